The van der Waals surface area contributed by atoms with Crippen LogP contribution in [0.25, 0.3) is 0 Å². The molecule has 0 saturated carbocycles. The van der Waals surface area contributed by atoms with E-state index in [0.717, 1.165) is 76.1 Å². The summed E-state index contributed by atoms with van der Waals surface area (Å²) in [5.41, 5.74) is 6.96. The first kappa shape index (κ1) is 23.5. The summed E-state index contributed by atoms with van der Waals surface area (Å²) in [5, 5.41) is 3.38. The van der Waals surface area contributed by atoms with Gasteiger partial charge in [-0.1, -0.05) is 22.0 Å². The van der Waals surface area contributed by atoms with E-state index in [0.29, 0.717) is 0 Å². The number of piperazine rings is 2. The molecule has 0 aromatic heterocycles. The van der Waals surface area contributed by atoms with E-state index in [4.69, 9.17) is 0 Å². The van der Waals surface area contributed by atoms with Gasteiger partial charge in [-0.25, -0.2) is 4.79 Å². The predicted molar refractivity (Wildman–Crippen MR) is 143 cm³/mol. The van der Waals surface area contributed by atoms with Crippen molar-refractivity contribution in [2.75, 3.05) is 69.2 Å². The number of urea groups is 1. The Kier molecular flexibility index (Phi) is 7.02. The molecule has 2 heterocycles. The van der Waals surface area contributed by atoms with E-state index in [9.17, 15) is 4.79 Å². The number of rotatable bonds is 3. The number of nitrogens with zero attached hydrogens (tertiary/aromatic N) is 4. The third-order valence-electron chi connectivity index (χ3n) is 7.76. The first-order chi connectivity index (χ1) is 16.5. The molecule has 5 rings (SSSR count). The maximum atomic E-state index is 13.1. The van der Waals surface area contributed by atoms with Gasteiger partial charge in [0, 0.05) is 74.2 Å². The van der Waals surface area contributed by atoms with Gasteiger partial charge in [0.15, 0.2) is 0 Å². The van der Waals surface area contributed by atoms with Crippen LogP contribution in [0.2, 0.25) is 0 Å². The summed E-state index contributed by atoms with van der Waals surface area (Å²) in [6, 6.07) is 13.3. The van der Waals surface area contributed by atoms with E-state index in [-0.39, 0.29) is 12.1 Å². The van der Waals surface area contributed by atoms with E-state index >= 15 is 0 Å². The van der Waals surface area contributed by atoms with Gasteiger partial charge >= 0.3 is 6.03 Å². The number of aryl methyl sites for hydroxylation is 1. The lowest BCUT2D eigenvalue weighted by atomic mass is 9.84. The number of carbonyl (C=O) groups is 1. The first-order valence-electron chi connectivity index (χ1n) is 12.6. The molecule has 0 unspecified atom stereocenters. The largest absolute Gasteiger partial charge is 0.369 e. The molecule has 0 bridgehead atoms. The van der Waals surface area contributed by atoms with Gasteiger partial charge in [0.25, 0.3) is 0 Å². The van der Waals surface area contributed by atoms with Crippen molar-refractivity contribution in [2.45, 2.75) is 32.2 Å². The molecule has 2 aromatic carbocycles. The van der Waals surface area contributed by atoms with Crippen LogP contribution in [0.15, 0.2) is 40.9 Å². The third-order valence-corrected chi connectivity index (χ3v) is 8.29. The molecule has 1 N–H and O–H groups in total. The summed E-state index contributed by atoms with van der Waals surface area (Å²) in [5.74, 6) is 0. The summed E-state index contributed by atoms with van der Waals surface area (Å²) in [4.78, 5) is 22.4. The number of hydrogen-bond donors (Lipinski definition) is 1. The third kappa shape index (κ3) is 5.05. The fourth-order valence-corrected chi connectivity index (χ4v) is 5.86. The highest BCUT2D eigenvalue weighted by molar-refractivity contribution is 9.10. The fourth-order valence-electron chi connectivity index (χ4n) is 5.59. The SMILES string of the molecule is Cc1ccc(N2CCN(C)CC2)c2c1CC[C@H](NC(=O)N1CCN(c3ccc(Br)cc3)CC1)C2. The van der Waals surface area contributed by atoms with Crippen LogP contribution >= 0.6 is 15.9 Å². The molecule has 1 aliphatic carbocycles. The van der Waals surface area contributed by atoms with Crippen molar-refractivity contribution in [1.82, 2.24) is 15.1 Å². The van der Waals surface area contributed by atoms with Crippen molar-refractivity contribution < 1.29 is 4.79 Å². The number of hydrogen-bond acceptors (Lipinski definition) is 4. The summed E-state index contributed by atoms with van der Waals surface area (Å²) < 4.78 is 1.09. The number of likely N-dealkylation sites (N-methyl/N-ethyl adjacent to an activating group) is 1. The summed E-state index contributed by atoms with van der Waals surface area (Å²) in [7, 11) is 2.20. The van der Waals surface area contributed by atoms with E-state index in [1.165, 1.54) is 28.1 Å². The normalized spacial score (nSPS) is 21.4. The molecule has 2 saturated heterocycles. The van der Waals surface area contributed by atoms with Crippen LogP contribution in [0, 0.1) is 6.92 Å². The molecule has 6 nitrogen and oxygen atoms in total. The van der Waals surface area contributed by atoms with Gasteiger partial charge in [0.05, 0.1) is 0 Å². The molecule has 1 atom stereocenters. The Bertz CT molecular complexity index is 1010. The highest BCUT2D eigenvalue weighted by atomic mass is 79.9. The van der Waals surface area contributed by atoms with Gasteiger partial charge in [-0.3, -0.25) is 0 Å². The minimum Gasteiger partial charge on any atom is -0.369 e. The first-order valence-corrected chi connectivity index (χ1v) is 13.4. The lowest BCUT2D eigenvalue weighted by Crippen LogP contribution is -2.54. The number of benzene rings is 2. The Balaban J connectivity index is 1.20. The van der Waals surface area contributed by atoms with Crippen LogP contribution in [0.4, 0.5) is 16.2 Å². The summed E-state index contributed by atoms with van der Waals surface area (Å²) in [6.45, 7) is 9.86. The van der Waals surface area contributed by atoms with Gasteiger partial charge in [0.2, 0.25) is 0 Å². The van der Waals surface area contributed by atoms with Crippen molar-refractivity contribution in [2.24, 2.45) is 0 Å². The Morgan fingerprint density at radius 3 is 2.26 bits per heavy atom. The molecule has 2 amide bonds. The number of nitrogens with one attached hydrogen (secondary N) is 1. The van der Waals surface area contributed by atoms with Gasteiger partial charge in [0.1, 0.15) is 0 Å². The van der Waals surface area contributed by atoms with Crippen LogP contribution in [0.3, 0.4) is 0 Å². The van der Waals surface area contributed by atoms with Gasteiger partial charge < -0.3 is 24.9 Å². The zero-order valence-corrected chi connectivity index (χ0v) is 22.0. The van der Waals surface area contributed by atoms with E-state index in [2.05, 4.69) is 86.3 Å². The van der Waals surface area contributed by atoms with Crippen molar-refractivity contribution in [1.29, 1.82) is 0 Å². The van der Waals surface area contributed by atoms with E-state index < -0.39 is 0 Å². The maximum Gasteiger partial charge on any atom is 0.317 e. The number of fused-ring (bicyclic) bond motifs is 1. The molecule has 34 heavy (non-hydrogen) atoms. The Hall–Kier alpha value is -2.25. The Morgan fingerprint density at radius 2 is 1.56 bits per heavy atom. The monoisotopic (exact) mass is 525 g/mol. The zero-order chi connectivity index (χ0) is 23.7. The molecular formula is C27H36BrN5O. The lowest BCUT2D eigenvalue weighted by molar-refractivity contribution is 0.189. The number of halogens is 1. The van der Waals surface area contributed by atoms with Crippen LogP contribution in [-0.2, 0) is 12.8 Å². The minimum absolute atomic E-state index is 0.0951. The van der Waals surface area contributed by atoms with Crippen molar-refractivity contribution >= 4 is 33.3 Å². The molecule has 7 heteroatoms. The highest BCUT2D eigenvalue weighted by Crippen LogP contribution is 2.33. The predicted octanol–water partition coefficient (Wildman–Crippen LogP) is 3.90. The second-order valence-corrected chi connectivity index (χ2v) is 10.9. The minimum atomic E-state index is 0.0951. The molecule has 3 aliphatic rings. The van der Waals surface area contributed by atoms with E-state index in [1.54, 1.807) is 0 Å². The average molecular weight is 527 g/mol. The molecular weight excluding hydrogens is 490 g/mol. The van der Waals surface area contributed by atoms with Crippen molar-refractivity contribution in [3.63, 3.8) is 0 Å². The topological polar surface area (TPSA) is 42.1 Å². The number of anilines is 2. The summed E-state index contributed by atoms with van der Waals surface area (Å²) >= 11 is 3.50. The quantitative estimate of drug-likeness (QED) is 0.659. The van der Waals surface area contributed by atoms with Gasteiger partial charge in [-0.05, 0) is 80.3 Å². The molecule has 2 aromatic rings. The standard InChI is InChI=1S/C27H36BrN5O/c1-20-3-10-26(32-13-11-30(2)12-14-32)25-19-22(6-9-24(20)25)29-27(34)33-17-15-31(16-18-33)23-7-4-21(28)5-8-23/h3-5,7-8,10,22H,6,9,11-19H2,1-2H3,(H,29,34)/t22-/m0/s1. The highest BCUT2D eigenvalue weighted by Gasteiger charge is 2.28. The van der Waals surface area contributed by atoms with Crippen LogP contribution in [0.5, 0.6) is 0 Å². The van der Waals surface area contributed by atoms with Gasteiger partial charge in [-0.15, -0.1) is 0 Å². The maximum absolute atomic E-state index is 13.1. The fraction of sp³-hybridized carbons (Fsp3) is 0.519. The zero-order valence-electron chi connectivity index (χ0n) is 20.4. The second-order valence-electron chi connectivity index (χ2n) is 9.99. The Morgan fingerprint density at radius 1 is 0.882 bits per heavy atom. The Labute approximate surface area is 212 Å². The van der Waals surface area contributed by atoms with Crippen LogP contribution < -0.4 is 15.1 Å². The molecule has 0 radical (unpaired) electrons. The average Bonchev–Trinajstić information content (AvgIpc) is 2.85. The number of amides is 2. The molecule has 2 fully saturated rings. The van der Waals surface area contributed by atoms with Crippen LogP contribution in [0.1, 0.15) is 23.1 Å². The summed E-state index contributed by atoms with van der Waals surface area (Å²) in [6.07, 6.45) is 3.00. The second kappa shape index (κ2) is 10.2. The van der Waals surface area contributed by atoms with Gasteiger partial charge in [-0.2, -0.15) is 0 Å². The van der Waals surface area contributed by atoms with Crippen LogP contribution in [-0.4, -0.2) is 81.3 Å². The smallest absolute Gasteiger partial charge is 0.317 e. The molecule has 2 aliphatic heterocycles. The van der Waals surface area contributed by atoms with Crippen molar-refractivity contribution in [3.8, 4) is 0 Å². The number of carbonyl (C=O) groups excluding carboxylic acids is 1. The molecule has 0 spiro atoms. The molecule has 182 valence electrons. The van der Waals surface area contributed by atoms with E-state index in [1.807, 2.05) is 4.90 Å². The lowest BCUT2D eigenvalue weighted by Gasteiger charge is -2.39. The van der Waals surface area contributed by atoms with Crippen molar-refractivity contribution in [3.05, 3.63) is 57.6 Å².